The fourth-order valence-corrected chi connectivity index (χ4v) is 2.83. The van der Waals surface area contributed by atoms with Crippen molar-refractivity contribution < 1.29 is 14.3 Å². The van der Waals surface area contributed by atoms with Gasteiger partial charge in [-0.25, -0.2) is 0 Å². The molecule has 0 aliphatic carbocycles. The van der Waals surface area contributed by atoms with Gasteiger partial charge in [0, 0.05) is 6.20 Å². The summed E-state index contributed by atoms with van der Waals surface area (Å²) in [6.07, 6.45) is 10.5. The standard InChI is InChI=1S/C23H30N2O3/c1-5-6-12-27-22-14-18(2)23(19(3)15-22)28-13-8-7-9-20-10-11-21(24-16-20)17-25-26-4/h5-6,10-11,14-17H,7-9,12-13H2,1-4H3/b6-5+,25-17+. The number of unbranched alkanes of at least 4 members (excludes halogenated alkanes) is 1. The highest BCUT2D eigenvalue weighted by atomic mass is 16.6. The van der Waals surface area contributed by atoms with Crippen LogP contribution in [-0.4, -0.2) is 31.5 Å². The van der Waals surface area contributed by atoms with E-state index in [0.29, 0.717) is 13.2 Å². The number of ether oxygens (including phenoxy) is 2. The third-order valence-corrected chi connectivity index (χ3v) is 4.26. The van der Waals surface area contributed by atoms with Gasteiger partial charge in [-0.3, -0.25) is 4.98 Å². The molecule has 0 amide bonds. The van der Waals surface area contributed by atoms with Gasteiger partial charge in [-0.2, -0.15) is 0 Å². The Hall–Kier alpha value is -2.82. The van der Waals surface area contributed by atoms with Gasteiger partial charge in [-0.15, -0.1) is 0 Å². The lowest BCUT2D eigenvalue weighted by atomic mass is 10.1. The van der Waals surface area contributed by atoms with Crippen molar-refractivity contribution in [3.8, 4) is 11.5 Å². The molecule has 1 heterocycles. The van der Waals surface area contributed by atoms with Crippen LogP contribution in [0.3, 0.4) is 0 Å². The minimum atomic E-state index is 0.588. The normalized spacial score (nSPS) is 11.3. The SMILES string of the molecule is C/C=C/COc1cc(C)c(OCCCCc2ccc(/C=N/OC)nc2)c(C)c1. The Labute approximate surface area is 168 Å². The number of rotatable bonds is 11. The third-order valence-electron chi connectivity index (χ3n) is 4.26. The zero-order valence-electron chi connectivity index (χ0n) is 17.3. The molecule has 0 aliphatic rings. The van der Waals surface area contributed by atoms with Crippen LogP contribution >= 0.6 is 0 Å². The van der Waals surface area contributed by atoms with Crippen LogP contribution in [0.15, 0.2) is 47.8 Å². The highest BCUT2D eigenvalue weighted by molar-refractivity contribution is 5.76. The molecule has 0 bridgehead atoms. The molecule has 0 saturated heterocycles. The molecule has 150 valence electrons. The zero-order chi connectivity index (χ0) is 20.2. The number of oxime groups is 1. The largest absolute Gasteiger partial charge is 0.493 e. The van der Waals surface area contributed by atoms with Crippen molar-refractivity contribution in [1.82, 2.24) is 4.98 Å². The zero-order valence-corrected chi connectivity index (χ0v) is 17.3. The molecule has 28 heavy (non-hydrogen) atoms. The number of hydrogen-bond acceptors (Lipinski definition) is 5. The maximum atomic E-state index is 6.03. The van der Waals surface area contributed by atoms with Gasteiger partial charge >= 0.3 is 0 Å². The monoisotopic (exact) mass is 382 g/mol. The summed E-state index contributed by atoms with van der Waals surface area (Å²) < 4.78 is 11.8. The number of aryl methyl sites for hydroxylation is 3. The van der Waals surface area contributed by atoms with Gasteiger partial charge < -0.3 is 14.3 Å². The summed E-state index contributed by atoms with van der Waals surface area (Å²) in [7, 11) is 1.52. The molecule has 0 N–H and O–H groups in total. The van der Waals surface area contributed by atoms with Gasteiger partial charge in [0.25, 0.3) is 0 Å². The lowest BCUT2D eigenvalue weighted by molar-refractivity contribution is 0.215. The molecule has 5 nitrogen and oxygen atoms in total. The summed E-state index contributed by atoms with van der Waals surface area (Å²) in [6, 6.07) is 8.09. The number of nitrogens with zero attached hydrogens (tertiary/aromatic N) is 2. The van der Waals surface area contributed by atoms with E-state index in [1.165, 1.54) is 12.7 Å². The molecular formula is C23H30N2O3. The van der Waals surface area contributed by atoms with Gasteiger partial charge in [0.15, 0.2) is 0 Å². The molecule has 2 aromatic rings. The van der Waals surface area contributed by atoms with Crippen LogP contribution in [0.25, 0.3) is 0 Å². The summed E-state index contributed by atoms with van der Waals surface area (Å²) in [5.41, 5.74) is 4.21. The van der Waals surface area contributed by atoms with Gasteiger partial charge in [-0.05, 0) is 74.9 Å². The number of pyridine rings is 1. The highest BCUT2D eigenvalue weighted by Crippen LogP contribution is 2.28. The van der Waals surface area contributed by atoms with Crippen LogP contribution in [0.4, 0.5) is 0 Å². The van der Waals surface area contributed by atoms with Gasteiger partial charge in [0.05, 0.1) is 18.5 Å². The molecule has 0 radical (unpaired) electrons. The van der Waals surface area contributed by atoms with Gasteiger partial charge in [0.1, 0.15) is 25.2 Å². The molecule has 1 aromatic heterocycles. The summed E-state index contributed by atoms with van der Waals surface area (Å²) >= 11 is 0. The fourth-order valence-electron chi connectivity index (χ4n) is 2.83. The number of benzene rings is 1. The number of hydrogen-bond donors (Lipinski definition) is 0. The topological polar surface area (TPSA) is 52.9 Å². The molecule has 5 heteroatoms. The van der Waals surface area contributed by atoms with Crippen molar-refractivity contribution in [3.05, 3.63) is 65.0 Å². The molecule has 1 aromatic carbocycles. The highest BCUT2D eigenvalue weighted by Gasteiger charge is 2.07. The first kappa shape index (κ1) is 21.5. The molecule has 0 atom stereocenters. The molecule has 0 spiro atoms. The van der Waals surface area contributed by atoms with Crippen molar-refractivity contribution >= 4 is 6.21 Å². The van der Waals surface area contributed by atoms with Crippen molar-refractivity contribution in [1.29, 1.82) is 0 Å². The van der Waals surface area contributed by atoms with E-state index in [9.17, 15) is 0 Å². The Balaban J connectivity index is 1.76. The van der Waals surface area contributed by atoms with Crippen molar-refractivity contribution in [2.75, 3.05) is 20.3 Å². The van der Waals surface area contributed by atoms with Crippen molar-refractivity contribution in [2.45, 2.75) is 40.0 Å². The lowest BCUT2D eigenvalue weighted by Gasteiger charge is -2.14. The number of aromatic nitrogens is 1. The average Bonchev–Trinajstić information content (AvgIpc) is 2.69. The van der Waals surface area contributed by atoms with Crippen LogP contribution in [0.1, 0.15) is 42.1 Å². The lowest BCUT2D eigenvalue weighted by Crippen LogP contribution is -2.03. The third kappa shape index (κ3) is 7.06. The van der Waals surface area contributed by atoms with Crippen LogP contribution in [0, 0.1) is 13.8 Å². The van der Waals surface area contributed by atoms with E-state index in [-0.39, 0.29) is 0 Å². The van der Waals surface area contributed by atoms with E-state index in [4.69, 9.17) is 9.47 Å². The molecule has 0 unspecified atom stereocenters. The molecule has 0 aliphatic heterocycles. The maximum Gasteiger partial charge on any atom is 0.125 e. The average molecular weight is 383 g/mol. The minimum absolute atomic E-state index is 0.588. The fraction of sp³-hybridized carbons (Fsp3) is 0.391. The second kappa shape index (κ2) is 11.8. The summed E-state index contributed by atoms with van der Waals surface area (Å²) in [5, 5.41) is 3.71. The molecule has 2 rings (SSSR count). The summed E-state index contributed by atoms with van der Waals surface area (Å²) in [6.45, 7) is 7.40. The Morgan fingerprint density at radius 3 is 2.50 bits per heavy atom. The van der Waals surface area contributed by atoms with E-state index in [1.54, 1.807) is 6.21 Å². The number of allylic oxidation sites excluding steroid dienone is 1. The van der Waals surface area contributed by atoms with Gasteiger partial charge in [0.2, 0.25) is 0 Å². The van der Waals surface area contributed by atoms with Crippen molar-refractivity contribution in [3.63, 3.8) is 0 Å². The smallest absolute Gasteiger partial charge is 0.125 e. The van der Waals surface area contributed by atoms with E-state index >= 15 is 0 Å². The van der Waals surface area contributed by atoms with Crippen LogP contribution in [0.5, 0.6) is 11.5 Å². The second-order valence-corrected chi connectivity index (χ2v) is 6.58. The quantitative estimate of drug-likeness (QED) is 0.237. The van der Waals surface area contributed by atoms with E-state index < -0.39 is 0 Å². The van der Waals surface area contributed by atoms with Crippen LogP contribution in [0.2, 0.25) is 0 Å². The predicted octanol–water partition coefficient (Wildman–Crippen LogP) is 5.04. The molecule has 0 saturated carbocycles. The Bertz CT molecular complexity index is 760. The minimum Gasteiger partial charge on any atom is -0.493 e. The molecular weight excluding hydrogens is 352 g/mol. The maximum absolute atomic E-state index is 6.03. The Kier molecular flexibility index (Phi) is 9.05. The Morgan fingerprint density at radius 2 is 1.86 bits per heavy atom. The first-order valence-electron chi connectivity index (χ1n) is 9.63. The predicted molar refractivity (Wildman–Crippen MR) is 113 cm³/mol. The van der Waals surface area contributed by atoms with Crippen molar-refractivity contribution in [2.24, 2.45) is 5.16 Å². The van der Waals surface area contributed by atoms with Gasteiger partial charge in [-0.1, -0.05) is 23.4 Å². The van der Waals surface area contributed by atoms with E-state index in [1.807, 2.05) is 43.5 Å². The first-order valence-corrected chi connectivity index (χ1v) is 9.63. The van der Waals surface area contributed by atoms with E-state index in [0.717, 1.165) is 47.6 Å². The van der Waals surface area contributed by atoms with Crippen LogP contribution in [-0.2, 0) is 11.3 Å². The Morgan fingerprint density at radius 1 is 1.07 bits per heavy atom. The summed E-state index contributed by atoms with van der Waals surface area (Å²) in [5.74, 6) is 1.84. The molecule has 0 fully saturated rings. The van der Waals surface area contributed by atoms with E-state index in [2.05, 4.69) is 34.9 Å². The second-order valence-electron chi connectivity index (χ2n) is 6.58. The first-order chi connectivity index (χ1) is 13.6. The van der Waals surface area contributed by atoms with Crippen LogP contribution < -0.4 is 9.47 Å². The summed E-state index contributed by atoms with van der Waals surface area (Å²) in [4.78, 5) is 9.00.